The van der Waals surface area contributed by atoms with E-state index in [4.69, 9.17) is 14.5 Å². The van der Waals surface area contributed by atoms with Gasteiger partial charge in [-0.1, -0.05) is 27.7 Å². The number of ketones is 1. The highest BCUT2D eigenvalue weighted by molar-refractivity contribution is 5.93. The normalized spacial score (nSPS) is 22.4. The van der Waals surface area contributed by atoms with Crippen molar-refractivity contribution in [3.8, 4) is 0 Å². The second-order valence-corrected chi connectivity index (χ2v) is 8.56. The molecule has 146 valence electrons. The minimum Gasteiger partial charge on any atom is -0.460 e. The van der Waals surface area contributed by atoms with E-state index in [2.05, 4.69) is 0 Å². The second-order valence-electron chi connectivity index (χ2n) is 8.56. The molecule has 1 aliphatic rings. The Labute approximate surface area is 152 Å². The van der Waals surface area contributed by atoms with E-state index < -0.39 is 28.1 Å². The maximum absolute atomic E-state index is 13.6. The van der Waals surface area contributed by atoms with Crippen LogP contribution in [0.15, 0.2) is 0 Å². The molecule has 0 spiro atoms. The molecule has 0 bridgehead atoms. The summed E-state index contributed by atoms with van der Waals surface area (Å²) in [5.74, 6) is -1.61. The van der Waals surface area contributed by atoms with Crippen molar-refractivity contribution in [3.05, 3.63) is 0 Å². The minimum absolute atomic E-state index is 0.0204. The van der Waals surface area contributed by atoms with Crippen molar-refractivity contribution in [3.63, 3.8) is 0 Å². The van der Waals surface area contributed by atoms with Crippen molar-refractivity contribution in [2.75, 3.05) is 0 Å². The van der Waals surface area contributed by atoms with Crippen molar-refractivity contribution in [2.24, 2.45) is 16.7 Å². The van der Waals surface area contributed by atoms with Crippen LogP contribution in [0.2, 0.25) is 0 Å². The molecular formula is C20H36O5. The molecule has 0 aromatic rings. The first-order valence-corrected chi connectivity index (χ1v) is 9.52. The molecule has 3 atom stereocenters. The van der Waals surface area contributed by atoms with E-state index in [0.29, 0.717) is 25.7 Å². The number of ether oxygens (including phenoxy) is 1. The number of carbonyl (C=O) groups is 2. The van der Waals surface area contributed by atoms with Gasteiger partial charge in [0.05, 0.1) is 10.8 Å². The van der Waals surface area contributed by atoms with Crippen LogP contribution in [0.25, 0.3) is 0 Å². The molecule has 1 aliphatic heterocycles. The van der Waals surface area contributed by atoms with Crippen LogP contribution in [0.5, 0.6) is 0 Å². The van der Waals surface area contributed by atoms with E-state index in [1.165, 1.54) is 0 Å². The van der Waals surface area contributed by atoms with Gasteiger partial charge < -0.3 is 4.74 Å². The van der Waals surface area contributed by atoms with Gasteiger partial charge in [-0.25, -0.2) is 0 Å². The molecule has 0 radical (unpaired) electrons. The van der Waals surface area contributed by atoms with Gasteiger partial charge in [0, 0.05) is 12.3 Å². The van der Waals surface area contributed by atoms with Crippen LogP contribution in [0.4, 0.5) is 0 Å². The van der Waals surface area contributed by atoms with Crippen molar-refractivity contribution >= 4 is 11.8 Å². The lowest BCUT2D eigenvalue weighted by Gasteiger charge is -2.40. The lowest BCUT2D eigenvalue weighted by molar-refractivity contribution is -0.174. The summed E-state index contributed by atoms with van der Waals surface area (Å²) in [7, 11) is 0. The SMILES string of the molecule is CCC(C(=O)C(C)(CC)C1(CC)OO1)C(C)(CC)C(=O)OC(C)(C)C. The predicted octanol–water partition coefficient (Wildman–Crippen LogP) is 4.82. The maximum atomic E-state index is 13.6. The van der Waals surface area contributed by atoms with Crippen molar-refractivity contribution < 1.29 is 24.1 Å². The first-order valence-electron chi connectivity index (χ1n) is 9.52. The third-order valence-corrected chi connectivity index (χ3v) is 5.94. The maximum Gasteiger partial charge on any atom is 0.313 e. The Morgan fingerprint density at radius 1 is 0.960 bits per heavy atom. The van der Waals surface area contributed by atoms with E-state index in [9.17, 15) is 9.59 Å². The molecule has 25 heavy (non-hydrogen) atoms. The summed E-state index contributed by atoms with van der Waals surface area (Å²) in [4.78, 5) is 37.0. The van der Waals surface area contributed by atoms with E-state index in [1.807, 2.05) is 62.3 Å². The quantitative estimate of drug-likeness (QED) is 0.336. The Morgan fingerprint density at radius 2 is 1.48 bits per heavy atom. The predicted molar refractivity (Wildman–Crippen MR) is 96.6 cm³/mol. The summed E-state index contributed by atoms with van der Waals surface area (Å²) in [6, 6.07) is 0. The molecule has 1 rings (SSSR count). The number of esters is 1. The Balaban J connectivity index is 3.24. The molecule has 1 heterocycles. The molecule has 1 saturated heterocycles. The van der Waals surface area contributed by atoms with Gasteiger partial charge in [-0.15, -0.1) is 0 Å². The third-order valence-electron chi connectivity index (χ3n) is 5.94. The first-order chi connectivity index (χ1) is 11.4. The van der Waals surface area contributed by atoms with Gasteiger partial charge in [-0.05, 0) is 53.9 Å². The van der Waals surface area contributed by atoms with E-state index in [0.717, 1.165) is 0 Å². The van der Waals surface area contributed by atoms with Crippen molar-refractivity contribution in [2.45, 2.75) is 99.4 Å². The highest BCUT2D eigenvalue weighted by Gasteiger charge is 2.66. The number of hydrogen-bond donors (Lipinski definition) is 0. The molecular weight excluding hydrogens is 320 g/mol. The monoisotopic (exact) mass is 356 g/mol. The van der Waals surface area contributed by atoms with Crippen LogP contribution < -0.4 is 0 Å². The topological polar surface area (TPSA) is 68.4 Å². The zero-order valence-corrected chi connectivity index (χ0v) is 17.4. The lowest BCUT2D eigenvalue weighted by Crippen LogP contribution is -2.51. The highest BCUT2D eigenvalue weighted by atomic mass is 17.4. The molecule has 0 aromatic carbocycles. The van der Waals surface area contributed by atoms with Crippen LogP contribution >= 0.6 is 0 Å². The molecule has 0 aliphatic carbocycles. The average Bonchev–Trinajstić information content (AvgIpc) is 3.34. The Kier molecular flexibility index (Phi) is 6.50. The molecule has 1 fully saturated rings. The van der Waals surface area contributed by atoms with Crippen LogP contribution in [-0.4, -0.2) is 23.1 Å². The van der Waals surface area contributed by atoms with Crippen LogP contribution in [0, 0.1) is 16.7 Å². The minimum atomic E-state index is -0.876. The fraction of sp³-hybridized carbons (Fsp3) is 0.900. The summed E-state index contributed by atoms with van der Waals surface area (Å²) in [6.07, 6.45) is 2.28. The van der Waals surface area contributed by atoms with Crippen molar-refractivity contribution in [1.82, 2.24) is 0 Å². The Bertz CT molecular complexity index is 503. The largest absolute Gasteiger partial charge is 0.460 e. The van der Waals surface area contributed by atoms with Crippen LogP contribution in [0.3, 0.4) is 0 Å². The molecule has 5 heteroatoms. The van der Waals surface area contributed by atoms with Gasteiger partial charge in [0.1, 0.15) is 11.4 Å². The van der Waals surface area contributed by atoms with Gasteiger partial charge in [0.15, 0.2) is 0 Å². The lowest BCUT2D eigenvalue weighted by atomic mass is 9.62. The summed E-state index contributed by atoms with van der Waals surface area (Å²) in [6.45, 7) is 17.1. The standard InChI is InChI=1S/C20H36O5/c1-10-14(18(8,11-2)16(22)23-17(5,6)7)15(21)19(9,12-3)20(13-4)24-25-20/h14H,10-13H2,1-9H3. The molecule has 3 unspecified atom stereocenters. The third kappa shape index (κ3) is 3.92. The fourth-order valence-electron chi connectivity index (χ4n) is 3.61. The van der Waals surface area contributed by atoms with E-state index in [1.54, 1.807) is 0 Å². The average molecular weight is 357 g/mol. The number of rotatable bonds is 9. The summed E-state index contributed by atoms with van der Waals surface area (Å²) >= 11 is 0. The summed E-state index contributed by atoms with van der Waals surface area (Å²) < 4.78 is 5.65. The molecule has 0 saturated carbocycles. The first kappa shape index (κ1) is 22.1. The van der Waals surface area contributed by atoms with Gasteiger partial charge >= 0.3 is 5.97 Å². The molecule has 0 amide bonds. The van der Waals surface area contributed by atoms with E-state index in [-0.39, 0.29) is 11.8 Å². The van der Waals surface area contributed by atoms with Gasteiger partial charge in [0.2, 0.25) is 5.79 Å². The zero-order chi connectivity index (χ0) is 19.7. The molecule has 5 nitrogen and oxygen atoms in total. The summed E-state index contributed by atoms with van der Waals surface area (Å²) in [5, 5.41) is 0. The van der Waals surface area contributed by atoms with Crippen molar-refractivity contribution in [1.29, 1.82) is 0 Å². The Morgan fingerprint density at radius 3 is 1.76 bits per heavy atom. The van der Waals surface area contributed by atoms with Crippen LogP contribution in [0.1, 0.15) is 88.0 Å². The van der Waals surface area contributed by atoms with E-state index >= 15 is 0 Å². The Hall–Kier alpha value is -0.940. The molecule has 0 aromatic heterocycles. The smallest absolute Gasteiger partial charge is 0.313 e. The number of carbonyl (C=O) groups excluding carboxylic acids is 2. The highest BCUT2D eigenvalue weighted by Crippen LogP contribution is 2.54. The van der Waals surface area contributed by atoms with Gasteiger partial charge in [-0.3, -0.25) is 9.59 Å². The molecule has 0 N–H and O–H groups in total. The second kappa shape index (κ2) is 7.36. The van der Waals surface area contributed by atoms with Gasteiger partial charge in [0.25, 0.3) is 0 Å². The fourth-order valence-corrected chi connectivity index (χ4v) is 3.61. The summed E-state index contributed by atoms with van der Waals surface area (Å²) in [5.41, 5.74) is -2.25. The number of Topliss-reactive ketones (excluding diaryl/α,β-unsaturated/α-hetero) is 1. The number of hydrogen-bond acceptors (Lipinski definition) is 5. The zero-order valence-electron chi connectivity index (χ0n) is 17.4. The van der Waals surface area contributed by atoms with Crippen LogP contribution in [-0.2, 0) is 24.1 Å². The van der Waals surface area contributed by atoms with Gasteiger partial charge in [-0.2, -0.15) is 9.78 Å².